The average molecular weight is 97.2 g/mol. The summed E-state index contributed by atoms with van der Waals surface area (Å²) < 4.78 is 0. The molecule has 1 saturated heterocycles. The van der Waals surface area contributed by atoms with E-state index in [2.05, 4.69) is 18.8 Å². The van der Waals surface area contributed by atoms with E-state index >= 15 is 0 Å². The van der Waals surface area contributed by atoms with Crippen LogP contribution in [0.15, 0.2) is 12.2 Å². The van der Waals surface area contributed by atoms with Crippen molar-refractivity contribution in [2.75, 3.05) is 6.54 Å². The van der Waals surface area contributed by atoms with Crippen LogP contribution in [0.2, 0.25) is 0 Å². The maximum Gasteiger partial charge on any atom is 0.0165 e. The minimum atomic E-state index is 0.674. The summed E-state index contributed by atoms with van der Waals surface area (Å²) in [7, 11) is 0. The van der Waals surface area contributed by atoms with Crippen molar-refractivity contribution < 1.29 is 0 Å². The lowest BCUT2D eigenvalue weighted by Crippen LogP contribution is -2.16. The van der Waals surface area contributed by atoms with Crippen LogP contribution in [-0.2, 0) is 0 Å². The van der Waals surface area contributed by atoms with Gasteiger partial charge in [0.05, 0.1) is 0 Å². The van der Waals surface area contributed by atoms with Crippen LogP contribution in [-0.4, -0.2) is 12.6 Å². The van der Waals surface area contributed by atoms with E-state index in [1.165, 1.54) is 12.0 Å². The van der Waals surface area contributed by atoms with Gasteiger partial charge in [0.25, 0.3) is 0 Å². The zero-order valence-electron chi connectivity index (χ0n) is 4.70. The van der Waals surface area contributed by atoms with E-state index < -0.39 is 0 Å². The monoisotopic (exact) mass is 97.1 g/mol. The zero-order valence-corrected chi connectivity index (χ0v) is 4.70. The third kappa shape index (κ3) is 1.03. The maximum atomic E-state index is 3.84. The normalized spacial score (nSPS) is 31.6. The Hall–Kier alpha value is -0.300. The third-order valence-corrected chi connectivity index (χ3v) is 1.30. The molecule has 0 amide bonds. The molecule has 40 valence electrons. The summed E-state index contributed by atoms with van der Waals surface area (Å²) in [6.45, 7) is 7.05. The van der Waals surface area contributed by atoms with Crippen molar-refractivity contribution in [3.8, 4) is 0 Å². The van der Waals surface area contributed by atoms with Gasteiger partial charge in [-0.3, -0.25) is 0 Å². The van der Waals surface area contributed by atoms with Crippen molar-refractivity contribution in [1.82, 2.24) is 5.32 Å². The van der Waals surface area contributed by atoms with E-state index in [1.807, 2.05) is 0 Å². The molecule has 0 aromatic rings. The number of hydrogen-bond acceptors (Lipinski definition) is 1. The van der Waals surface area contributed by atoms with Crippen LogP contribution < -0.4 is 5.32 Å². The quantitative estimate of drug-likeness (QED) is 0.443. The first-order valence-corrected chi connectivity index (χ1v) is 2.69. The molecule has 1 fully saturated rings. The Kier molecular flexibility index (Phi) is 1.15. The summed E-state index contributed by atoms with van der Waals surface area (Å²) in [5.41, 5.74) is 1.34. The molecule has 0 bridgehead atoms. The molecule has 1 unspecified atom stereocenters. The SMILES string of the molecule is C=C1CNC(C)C1. The van der Waals surface area contributed by atoms with Gasteiger partial charge in [-0.1, -0.05) is 12.2 Å². The Labute approximate surface area is 44.4 Å². The van der Waals surface area contributed by atoms with Crippen LogP contribution in [0.4, 0.5) is 0 Å². The zero-order chi connectivity index (χ0) is 5.28. The largest absolute Gasteiger partial charge is 0.310 e. The summed E-state index contributed by atoms with van der Waals surface area (Å²) in [5, 5.41) is 3.27. The fourth-order valence-electron chi connectivity index (χ4n) is 0.896. The van der Waals surface area contributed by atoms with Crippen LogP contribution in [0.1, 0.15) is 13.3 Å². The molecule has 1 heterocycles. The van der Waals surface area contributed by atoms with Crippen molar-refractivity contribution in [2.24, 2.45) is 0 Å². The smallest absolute Gasteiger partial charge is 0.0165 e. The highest BCUT2D eigenvalue weighted by molar-refractivity contribution is 5.05. The minimum absolute atomic E-state index is 0.674. The summed E-state index contributed by atoms with van der Waals surface area (Å²) in [6, 6.07) is 0.674. The Morgan fingerprint density at radius 2 is 2.57 bits per heavy atom. The molecule has 0 aromatic heterocycles. The van der Waals surface area contributed by atoms with Crippen LogP contribution in [0, 0.1) is 0 Å². The predicted molar refractivity (Wildman–Crippen MR) is 31.2 cm³/mol. The molecular formula is C6H11N. The van der Waals surface area contributed by atoms with Crippen LogP contribution in [0.5, 0.6) is 0 Å². The third-order valence-electron chi connectivity index (χ3n) is 1.30. The lowest BCUT2D eigenvalue weighted by atomic mass is 10.2. The summed E-state index contributed by atoms with van der Waals surface area (Å²) in [4.78, 5) is 0. The Bertz CT molecular complexity index is 86.2. The van der Waals surface area contributed by atoms with Gasteiger partial charge in [-0.15, -0.1) is 0 Å². The van der Waals surface area contributed by atoms with E-state index in [-0.39, 0.29) is 0 Å². The molecule has 1 nitrogen and oxygen atoms in total. The van der Waals surface area contributed by atoms with Crippen molar-refractivity contribution in [1.29, 1.82) is 0 Å². The minimum Gasteiger partial charge on any atom is -0.310 e. The molecular weight excluding hydrogens is 86.1 g/mol. The second-order valence-electron chi connectivity index (χ2n) is 2.24. The van der Waals surface area contributed by atoms with Gasteiger partial charge in [-0.05, 0) is 13.3 Å². The highest BCUT2D eigenvalue weighted by atomic mass is 14.9. The van der Waals surface area contributed by atoms with Crippen molar-refractivity contribution >= 4 is 0 Å². The fourth-order valence-corrected chi connectivity index (χ4v) is 0.896. The molecule has 0 aromatic carbocycles. The Morgan fingerprint density at radius 3 is 2.71 bits per heavy atom. The van der Waals surface area contributed by atoms with E-state index in [1.54, 1.807) is 0 Å². The molecule has 0 spiro atoms. The molecule has 7 heavy (non-hydrogen) atoms. The second kappa shape index (κ2) is 1.66. The average Bonchev–Trinajstić information content (AvgIpc) is 1.87. The lowest BCUT2D eigenvalue weighted by Gasteiger charge is -1.94. The van der Waals surface area contributed by atoms with Crippen LogP contribution in [0.3, 0.4) is 0 Å². The molecule has 1 rings (SSSR count). The standard InChI is InChI=1S/C6H11N/c1-5-3-6(2)7-4-5/h6-7H,1,3-4H2,2H3. The van der Waals surface area contributed by atoms with Gasteiger partial charge in [0.15, 0.2) is 0 Å². The topological polar surface area (TPSA) is 12.0 Å². The molecule has 0 radical (unpaired) electrons. The highest BCUT2D eigenvalue weighted by Gasteiger charge is 2.09. The fraction of sp³-hybridized carbons (Fsp3) is 0.667. The van der Waals surface area contributed by atoms with Crippen molar-refractivity contribution in [3.05, 3.63) is 12.2 Å². The van der Waals surface area contributed by atoms with E-state index in [0.717, 1.165) is 6.54 Å². The van der Waals surface area contributed by atoms with E-state index in [9.17, 15) is 0 Å². The molecule has 1 atom stereocenters. The number of nitrogens with one attached hydrogen (secondary N) is 1. The van der Waals surface area contributed by atoms with Gasteiger partial charge in [-0.2, -0.15) is 0 Å². The first kappa shape index (κ1) is 4.85. The molecule has 0 aliphatic carbocycles. The molecule has 0 saturated carbocycles. The lowest BCUT2D eigenvalue weighted by molar-refractivity contribution is 0.667. The summed E-state index contributed by atoms with van der Waals surface area (Å²) >= 11 is 0. The van der Waals surface area contributed by atoms with Crippen LogP contribution in [0.25, 0.3) is 0 Å². The predicted octanol–water partition coefficient (Wildman–Crippen LogP) is 0.924. The van der Waals surface area contributed by atoms with Gasteiger partial charge in [0, 0.05) is 12.6 Å². The Morgan fingerprint density at radius 1 is 1.86 bits per heavy atom. The van der Waals surface area contributed by atoms with Crippen molar-refractivity contribution in [3.63, 3.8) is 0 Å². The van der Waals surface area contributed by atoms with E-state index in [0.29, 0.717) is 6.04 Å². The highest BCUT2D eigenvalue weighted by Crippen LogP contribution is 2.07. The summed E-state index contributed by atoms with van der Waals surface area (Å²) in [5.74, 6) is 0. The molecule has 1 heteroatoms. The number of rotatable bonds is 0. The van der Waals surface area contributed by atoms with Gasteiger partial charge in [0.2, 0.25) is 0 Å². The summed E-state index contributed by atoms with van der Waals surface area (Å²) in [6.07, 6.45) is 1.17. The first-order chi connectivity index (χ1) is 3.29. The first-order valence-electron chi connectivity index (χ1n) is 2.69. The Balaban J connectivity index is 2.40. The molecule has 1 aliphatic rings. The molecule has 1 aliphatic heterocycles. The second-order valence-corrected chi connectivity index (χ2v) is 2.24. The van der Waals surface area contributed by atoms with Gasteiger partial charge in [-0.25, -0.2) is 0 Å². The van der Waals surface area contributed by atoms with E-state index in [4.69, 9.17) is 0 Å². The van der Waals surface area contributed by atoms with Crippen LogP contribution >= 0.6 is 0 Å². The maximum absolute atomic E-state index is 3.84. The van der Waals surface area contributed by atoms with Crippen molar-refractivity contribution in [2.45, 2.75) is 19.4 Å². The number of hydrogen-bond donors (Lipinski definition) is 1. The van der Waals surface area contributed by atoms with Gasteiger partial charge in [0.1, 0.15) is 0 Å². The molecule has 1 N–H and O–H groups in total. The van der Waals surface area contributed by atoms with Gasteiger partial charge >= 0.3 is 0 Å². The van der Waals surface area contributed by atoms with Gasteiger partial charge < -0.3 is 5.32 Å².